The highest BCUT2D eigenvalue weighted by Crippen LogP contribution is 2.25. The van der Waals surface area contributed by atoms with Crippen LogP contribution in [-0.4, -0.2) is 40.3 Å². The molecule has 0 bridgehead atoms. The number of halogens is 1. The first-order chi connectivity index (χ1) is 9.09. The van der Waals surface area contributed by atoms with Crippen molar-refractivity contribution in [2.24, 2.45) is 5.73 Å². The fraction of sp³-hybridized carbons (Fsp3) is 0.385. The standard InChI is InChI=1S/C13H18ClN5/c1-18(2)7-8-19-13(11(14)9-17-19)12(15)10-3-5-16-6-4-10/h3-6,9,12H,7-8,15H2,1-2H3. The van der Waals surface area contributed by atoms with Crippen LogP contribution in [-0.2, 0) is 6.54 Å². The van der Waals surface area contributed by atoms with Crippen LogP contribution in [0, 0.1) is 0 Å². The molecule has 0 amide bonds. The van der Waals surface area contributed by atoms with Crippen molar-refractivity contribution in [3.05, 3.63) is 47.0 Å². The molecule has 2 rings (SSSR count). The topological polar surface area (TPSA) is 60.0 Å². The van der Waals surface area contributed by atoms with E-state index >= 15 is 0 Å². The van der Waals surface area contributed by atoms with Gasteiger partial charge in [-0.15, -0.1) is 0 Å². The van der Waals surface area contributed by atoms with E-state index in [9.17, 15) is 0 Å². The van der Waals surface area contributed by atoms with Gasteiger partial charge < -0.3 is 10.6 Å². The molecule has 1 atom stereocenters. The van der Waals surface area contributed by atoms with Gasteiger partial charge in [0.25, 0.3) is 0 Å². The molecule has 2 aromatic rings. The molecule has 6 heteroatoms. The molecular formula is C13H18ClN5. The van der Waals surface area contributed by atoms with Crippen LogP contribution in [0.15, 0.2) is 30.7 Å². The Morgan fingerprint density at radius 2 is 2.05 bits per heavy atom. The SMILES string of the molecule is CN(C)CCn1ncc(Cl)c1C(N)c1ccncc1. The Balaban J connectivity index is 2.26. The summed E-state index contributed by atoms with van der Waals surface area (Å²) in [6.45, 7) is 1.64. The molecule has 2 heterocycles. The van der Waals surface area contributed by atoms with E-state index in [-0.39, 0.29) is 6.04 Å². The van der Waals surface area contributed by atoms with Gasteiger partial charge in [-0.3, -0.25) is 9.67 Å². The van der Waals surface area contributed by atoms with E-state index in [4.69, 9.17) is 17.3 Å². The minimum atomic E-state index is -0.292. The minimum absolute atomic E-state index is 0.292. The molecule has 1 unspecified atom stereocenters. The van der Waals surface area contributed by atoms with Gasteiger partial charge in [-0.25, -0.2) is 0 Å². The number of hydrogen-bond donors (Lipinski definition) is 1. The lowest BCUT2D eigenvalue weighted by atomic mass is 10.1. The number of hydrogen-bond acceptors (Lipinski definition) is 4. The molecule has 2 aromatic heterocycles. The largest absolute Gasteiger partial charge is 0.319 e. The zero-order valence-corrected chi connectivity index (χ0v) is 11.9. The van der Waals surface area contributed by atoms with Crippen molar-refractivity contribution < 1.29 is 0 Å². The molecule has 0 aliphatic rings. The summed E-state index contributed by atoms with van der Waals surface area (Å²) in [7, 11) is 4.04. The van der Waals surface area contributed by atoms with Crippen LogP contribution >= 0.6 is 11.6 Å². The number of nitrogens with zero attached hydrogens (tertiary/aromatic N) is 4. The summed E-state index contributed by atoms with van der Waals surface area (Å²) in [5.74, 6) is 0. The van der Waals surface area contributed by atoms with E-state index in [1.54, 1.807) is 18.6 Å². The van der Waals surface area contributed by atoms with Crippen molar-refractivity contribution >= 4 is 11.6 Å². The number of nitrogens with two attached hydrogens (primary N) is 1. The average Bonchev–Trinajstić information content (AvgIpc) is 2.78. The monoisotopic (exact) mass is 279 g/mol. The lowest BCUT2D eigenvalue weighted by Crippen LogP contribution is -2.23. The third-order valence-electron chi connectivity index (χ3n) is 2.95. The summed E-state index contributed by atoms with van der Waals surface area (Å²) in [4.78, 5) is 6.09. The molecule has 2 N–H and O–H groups in total. The average molecular weight is 280 g/mol. The normalized spacial score (nSPS) is 12.9. The van der Waals surface area contributed by atoms with Gasteiger partial charge in [0.05, 0.1) is 29.5 Å². The van der Waals surface area contributed by atoms with Crippen molar-refractivity contribution in [3.8, 4) is 0 Å². The molecule has 0 saturated carbocycles. The molecule has 0 aliphatic heterocycles. The quantitative estimate of drug-likeness (QED) is 0.902. The lowest BCUT2D eigenvalue weighted by Gasteiger charge is -2.17. The highest BCUT2D eigenvalue weighted by Gasteiger charge is 2.18. The molecule has 5 nitrogen and oxygen atoms in total. The Bertz CT molecular complexity index is 523. The zero-order chi connectivity index (χ0) is 13.8. The van der Waals surface area contributed by atoms with E-state index in [0.717, 1.165) is 24.3 Å². The predicted octanol–water partition coefficient (Wildman–Crippen LogP) is 1.54. The molecule has 0 radical (unpaired) electrons. The summed E-state index contributed by atoms with van der Waals surface area (Å²) < 4.78 is 1.87. The highest BCUT2D eigenvalue weighted by molar-refractivity contribution is 6.31. The Morgan fingerprint density at radius 1 is 1.37 bits per heavy atom. The number of pyridine rings is 1. The molecule has 0 aliphatic carbocycles. The van der Waals surface area contributed by atoms with E-state index in [0.29, 0.717) is 5.02 Å². The lowest BCUT2D eigenvalue weighted by molar-refractivity contribution is 0.368. The van der Waals surface area contributed by atoms with Crippen LogP contribution < -0.4 is 5.73 Å². The van der Waals surface area contributed by atoms with Gasteiger partial charge in [-0.1, -0.05) is 11.6 Å². The van der Waals surface area contributed by atoms with Crippen LogP contribution in [0.25, 0.3) is 0 Å². The van der Waals surface area contributed by atoms with Gasteiger partial charge >= 0.3 is 0 Å². The van der Waals surface area contributed by atoms with Crippen LogP contribution in [0.4, 0.5) is 0 Å². The van der Waals surface area contributed by atoms with Gasteiger partial charge in [-0.05, 0) is 31.8 Å². The van der Waals surface area contributed by atoms with Gasteiger partial charge in [0.15, 0.2) is 0 Å². The third-order valence-corrected chi connectivity index (χ3v) is 3.24. The first-order valence-electron chi connectivity index (χ1n) is 6.11. The van der Waals surface area contributed by atoms with Crippen LogP contribution in [0.2, 0.25) is 5.02 Å². The summed E-state index contributed by atoms with van der Waals surface area (Å²) >= 11 is 6.21. The second kappa shape index (κ2) is 6.14. The molecule has 0 saturated heterocycles. The van der Waals surface area contributed by atoms with E-state index in [2.05, 4.69) is 15.0 Å². The van der Waals surface area contributed by atoms with Crippen LogP contribution in [0.3, 0.4) is 0 Å². The molecule has 102 valence electrons. The maximum Gasteiger partial charge on any atom is 0.0837 e. The number of likely N-dealkylation sites (N-methyl/N-ethyl adjacent to an activating group) is 1. The summed E-state index contributed by atoms with van der Waals surface area (Å²) in [6.07, 6.45) is 5.10. The van der Waals surface area contributed by atoms with Crippen molar-refractivity contribution in [3.63, 3.8) is 0 Å². The van der Waals surface area contributed by atoms with Crippen LogP contribution in [0.5, 0.6) is 0 Å². The van der Waals surface area contributed by atoms with E-state index < -0.39 is 0 Å². The first-order valence-corrected chi connectivity index (χ1v) is 6.49. The van der Waals surface area contributed by atoms with Crippen molar-refractivity contribution in [2.45, 2.75) is 12.6 Å². The smallest absolute Gasteiger partial charge is 0.0837 e. The van der Waals surface area contributed by atoms with Gasteiger partial charge in [0.1, 0.15) is 0 Å². The Morgan fingerprint density at radius 3 is 2.68 bits per heavy atom. The second-order valence-corrected chi connectivity index (χ2v) is 5.07. The maximum atomic E-state index is 6.28. The second-order valence-electron chi connectivity index (χ2n) is 4.66. The molecule has 0 spiro atoms. The fourth-order valence-electron chi connectivity index (χ4n) is 1.88. The fourth-order valence-corrected chi connectivity index (χ4v) is 2.14. The van der Waals surface area contributed by atoms with Crippen molar-refractivity contribution in [1.82, 2.24) is 19.7 Å². The van der Waals surface area contributed by atoms with Gasteiger partial charge in [0.2, 0.25) is 0 Å². The first kappa shape index (κ1) is 14.0. The zero-order valence-electron chi connectivity index (χ0n) is 11.1. The molecule has 0 fully saturated rings. The number of rotatable bonds is 5. The molecule has 19 heavy (non-hydrogen) atoms. The summed E-state index contributed by atoms with van der Waals surface area (Å²) in [5, 5.41) is 4.90. The number of aromatic nitrogens is 3. The van der Waals surface area contributed by atoms with E-state index in [1.165, 1.54) is 0 Å². The molecular weight excluding hydrogens is 262 g/mol. The van der Waals surface area contributed by atoms with Crippen molar-refractivity contribution in [2.75, 3.05) is 20.6 Å². The maximum absolute atomic E-state index is 6.28. The predicted molar refractivity (Wildman–Crippen MR) is 76.1 cm³/mol. The van der Waals surface area contributed by atoms with Crippen molar-refractivity contribution in [1.29, 1.82) is 0 Å². The third kappa shape index (κ3) is 3.32. The summed E-state index contributed by atoms with van der Waals surface area (Å²) in [6, 6.07) is 3.49. The minimum Gasteiger partial charge on any atom is -0.319 e. The Labute approximate surface area is 118 Å². The Hall–Kier alpha value is -1.43. The van der Waals surface area contributed by atoms with Gasteiger partial charge in [-0.2, -0.15) is 5.10 Å². The van der Waals surface area contributed by atoms with Gasteiger partial charge in [0, 0.05) is 18.9 Å². The molecule has 0 aromatic carbocycles. The van der Waals surface area contributed by atoms with Crippen LogP contribution in [0.1, 0.15) is 17.3 Å². The summed E-state index contributed by atoms with van der Waals surface area (Å²) in [5.41, 5.74) is 8.10. The Kier molecular flexibility index (Phi) is 4.52. The highest BCUT2D eigenvalue weighted by atomic mass is 35.5. The van der Waals surface area contributed by atoms with E-state index in [1.807, 2.05) is 30.9 Å².